The first kappa shape index (κ1) is 23.6. The van der Waals surface area contributed by atoms with Gasteiger partial charge in [0, 0.05) is 43.3 Å². The Balaban J connectivity index is 1.69. The van der Waals surface area contributed by atoms with Crippen LogP contribution in [0.5, 0.6) is 0 Å². The molecule has 0 unspecified atom stereocenters. The van der Waals surface area contributed by atoms with Gasteiger partial charge in [-0.3, -0.25) is 9.10 Å². The lowest BCUT2D eigenvalue weighted by atomic mass is 10.0. The molecule has 1 N–H and O–H groups in total. The number of anilines is 1. The maximum Gasteiger partial charge on any atom is 0.264 e. The van der Waals surface area contributed by atoms with Gasteiger partial charge in [0.2, 0.25) is 0 Å². The fourth-order valence-electron chi connectivity index (χ4n) is 3.81. The Kier molecular flexibility index (Phi) is 7.62. The number of hydrogen-bond acceptors (Lipinski definition) is 4. The van der Waals surface area contributed by atoms with Crippen molar-refractivity contribution in [2.75, 3.05) is 31.0 Å². The van der Waals surface area contributed by atoms with Crippen LogP contribution < -0.4 is 9.62 Å². The molecule has 0 radical (unpaired) electrons. The zero-order chi connectivity index (χ0) is 22.6. The van der Waals surface area contributed by atoms with E-state index in [4.69, 9.17) is 11.6 Å². The van der Waals surface area contributed by atoms with Gasteiger partial charge in [0.25, 0.3) is 15.9 Å². The van der Waals surface area contributed by atoms with Crippen LogP contribution in [-0.2, 0) is 10.0 Å². The molecule has 1 heterocycles. The molecule has 6 nitrogen and oxygen atoms in total. The summed E-state index contributed by atoms with van der Waals surface area (Å²) in [4.78, 5) is 15.3. The summed E-state index contributed by atoms with van der Waals surface area (Å²) in [6, 6.07) is 12.9. The summed E-state index contributed by atoms with van der Waals surface area (Å²) in [5, 5.41) is 3.52. The summed E-state index contributed by atoms with van der Waals surface area (Å²) in [6.07, 6.45) is 1.79. The molecule has 0 aromatic heterocycles. The first-order chi connectivity index (χ1) is 14.7. The van der Waals surface area contributed by atoms with Gasteiger partial charge in [-0.25, -0.2) is 8.42 Å². The minimum atomic E-state index is -3.83. The highest BCUT2D eigenvalue weighted by Gasteiger charge is 2.24. The fourth-order valence-corrected chi connectivity index (χ4v) is 5.23. The number of sulfonamides is 1. The number of rotatable bonds is 7. The SMILES string of the molecule is CC(C)CN1CCC(NC(=O)c2cccc(S(=O)(=O)N(C)c3cccc(Cl)c3)c2)CC1. The van der Waals surface area contributed by atoms with E-state index in [1.807, 2.05) is 0 Å². The van der Waals surface area contributed by atoms with Crippen molar-refractivity contribution in [3.63, 3.8) is 0 Å². The predicted octanol–water partition coefficient (Wildman–Crippen LogP) is 4.02. The quantitative estimate of drug-likeness (QED) is 0.673. The van der Waals surface area contributed by atoms with E-state index in [9.17, 15) is 13.2 Å². The largest absolute Gasteiger partial charge is 0.349 e. The Morgan fingerprint density at radius 1 is 1.16 bits per heavy atom. The van der Waals surface area contributed by atoms with Crippen molar-refractivity contribution in [3.8, 4) is 0 Å². The molecule has 168 valence electrons. The molecule has 0 spiro atoms. The Bertz CT molecular complexity index is 1020. The lowest BCUT2D eigenvalue weighted by molar-refractivity contribution is 0.0907. The number of carbonyl (C=O) groups excluding carboxylic acids is 1. The lowest BCUT2D eigenvalue weighted by Crippen LogP contribution is -2.45. The summed E-state index contributed by atoms with van der Waals surface area (Å²) in [5.74, 6) is 0.380. The van der Waals surface area contributed by atoms with E-state index in [1.54, 1.807) is 36.4 Å². The van der Waals surface area contributed by atoms with Crippen LogP contribution in [0.2, 0.25) is 5.02 Å². The first-order valence-electron chi connectivity index (χ1n) is 10.5. The van der Waals surface area contributed by atoms with Gasteiger partial charge in [-0.15, -0.1) is 0 Å². The van der Waals surface area contributed by atoms with Gasteiger partial charge < -0.3 is 10.2 Å². The molecular weight excluding hydrogens is 434 g/mol. The molecule has 0 aliphatic carbocycles. The average Bonchev–Trinajstić information content (AvgIpc) is 2.74. The summed E-state index contributed by atoms with van der Waals surface area (Å²) >= 11 is 6.00. The Morgan fingerprint density at radius 3 is 2.48 bits per heavy atom. The Morgan fingerprint density at radius 2 is 1.84 bits per heavy atom. The summed E-state index contributed by atoms with van der Waals surface area (Å²) in [6.45, 7) is 7.40. The molecule has 2 aromatic rings. The van der Waals surface area contributed by atoms with Crippen molar-refractivity contribution in [2.45, 2.75) is 37.6 Å². The molecule has 31 heavy (non-hydrogen) atoms. The molecule has 0 saturated carbocycles. The van der Waals surface area contributed by atoms with Crippen LogP contribution in [0.4, 0.5) is 5.69 Å². The molecular formula is C23H30ClN3O3S. The standard InChI is InChI=1S/C23H30ClN3O3S/c1-17(2)16-27-12-10-20(11-13-27)25-23(28)18-6-4-9-22(14-18)31(29,30)26(3)21-8-5-7-19(24)15-21/h4-9,14-15,17,20H,10-13,16H2,1-3H3,(H,25,28). The molecule has 1 amide bonds. The maximum absolute atomic E-state index is 13.1. The van der Waals surface area contributed by atoms with Gasteiger partial charge >= 0.3 is 0 Å². The highest BCUT2D eigenvalue weighted by molar-refractivity contribution is 7.92. The van der Waals surface area contributed by atoms with Crippen molar-refractivity contribution in [1.29, 1.82) is 0 Å². The number of nitrogens with one attached hydrogen (secondary N) is 1. The third-order valence-electron chi connectivity index (χ3n) is 5.47. The summed E-state index contributed by atoms with van der Waals surface area (Å²) < 4.78 is 27.3. The van der Waals surface area contributed by atoms with Crippen molar-refractivity contribution in [2.24, 2.45) is 5.92 Å². The first-order valence-corrected chi connectivity index (χ1v) is 12.4. The summed E-state index contributed by atoms with van der Waals surface area (Å²) in [7, 11) is -2.36. The second kappa shape index (κ2) is 10.0. The van der Waals surface area contributed by atoms with Crippen molar-refractivity contribution in [3.05, 3.63) is 59.1 Å². The Labute approximate surface area is 190 Å². The molecule has 8 heteroatoms. The third kappa shape index (κ3) is 5.99. The fraction of sp³-hybridized carbons (Fsp3) is 0.435. The van der Waals surface area contributed by atoms with E-state index < -0.39 is 10.0 Å². The van der Waals surface area contributed by atoms with Gasteiger partial charge in [-0.1, -0.05) is 37.6 Å². The molecule has 0 bridgehead atoms. The van der Waals surface area contributed by atoms with Crippen molar-refractivity contribution >= 4 is 33.2 Å². The zero-order valence-electron chi connectivity index (χ0n) is 18.2. The molecule has 1 aliphatic heterocycles. The van der Waals surface area contributed by atoms with Crippen LogP contribution in [0.1, 0.15) is 37.0 Å². The third-order valence-corrected chi connectivity index (χ3v) is 7.49. The maximum atomic E-state index is 13.1. The monoisotopic (exact) mass is 463 g/mol. The normalized spacial score (nSPS) is 15.8. The number of nitrogens with zero attached hydrogens (tertiary/aromatic N) is 2. The second-order valence-corrected chi connectivity index (χ2v) is 10.8. The minimum Gasteiger partial charge on any atom is -0.349 e. The summed E-state index contributed by atoms with van der Waals surface area (Å²) in [5.41, 5.74) is 0.792. The smallest absolute Gasteiger partial charge is 0.264 e. The number of benzene rings is 2. The molecule has 2 aromatic carbocycles. The van der Waals surface area contributed by atoms with Crippen LogP contribution in [0.25, 0.3) is 0 Å². The van der Waals surface area contributed by atoms with Gasteiger partial charge in [0.15, 0.2) is 0 Å². The van der Waals surface area contributed by atoms with Gasteiger partial charge in [0.05, 0.1) is 10.6 Å². The second-order valence-electron chi connectivity index (χ2n) is 8.42. The molecule has 1 aliphatic rings. The topological polar surface area (TPSA) is 69.7 Å². The number of likely N-dealkylation sites (tertiary alicyclic amines) is 1. The van der Waals surface area contributed by atoms with Crippen LogP contribution in [0.15, 0.2) is 53.4 Å². The van der Waals surface area contributed by atoms with E-state index in [-0.39, 0.29) is 16.8 Å². The van der Waals surface area contributed by atoms with E-state index in [1.165, 1.54) is 23.5 Å². The predicted molar refractivity (Wildman–Crippen MR) is 125 cm³/mol. The molecule has 0 atom stereocenters. The van der Waals surface area contributed by atoms with Crippen molar-refractivity contribution < 1.29 is 13.2 Å². The molecule has 3 rings (SSSR count). The lowest BCUT2D eigenvalue weighted by Gasteiger charge is -2.33. The molecule has 1 fully saturated rings. The minimum absolute atomic E-state index is 0.0642. The zero-order valence-corrected chi connectivity index (χ0v) is 19.8. The van der Waals surface area contributed by atoms with Crippen LogP contribution in [0.3, 0.4) is 0 Å². The average molecular weight is 464 g/mol. The van der Waals surface area contributed by atoms with Gasteiger partial charge in [-0.2, -0.15) is 0 Å². The molecule has 1 saturated heterocycles. The number of halogens is 1. The van der Waals surface area contributed by atoms with Gasteiger partial charge in [0.1, 0.15) is 0 Å². The van der Waals surface area contributed by atoms with Crippen molar-refractivity contribution in [1.82, 2.24) is 10.2 Å². The number of piperidine rings is 1. The van der Waals surface area contributed by atoms with E-state index >= 15 is 0 Å². The highest BCUT2D eigenvalue weighted by Crippen LogP contribution is 2.25. The van der Waals surface area contributed by atoms with Crippen LogP contribution in [-0.4, -0.2) is 51.9 Å². The van der Waals surface area contributed by atoms with Gasteiger partial charge in [-0.05, 0) is 55.2 Å². The van der Waals surface area contributed by atoms with E-state index in [2.05, 4.69) is 24.1 Å². The van der Waals surface area contributed by atoms with E-state index in [0.717, 1.165) is 32.5 Å². The van der Waals surface area contributed by atoms with Crippen LogP contribution >= 0.6 is 11.6 Å². The highest BCUT2D eigenvalue weighted by atomic mass is 35.5. The number of amides is 1. The van der Waals surface area contributed by atoms with Crippen LogP contribution in [0, 0.1) is 5.92 Å². The number of hydrogen-bond donors (Lipinski definition) is 1. The Hall–Kier alpha value is -2.09. The number of carbonyl (C=O) groups is 1. The van der Waals surface area contributed by atoms with E-state index in [0.29, 0.717) is 22.2 Å².